The Kier molecular flexibility index (Phi) is 2.22. The topological polar surface area (TPSA) is 62.1 Å². The maximum Gasteiger partial charge on any atom is 0.270 e. The Morgan fingerprint density at radius 2 is 2.00 bits per heavy atom. The molecule has 0 amide bonds. The highest BCUT2D eigenvalue weighted by Crippen LogP contribution is 2.20. The number of halogens is 1. The molecule has 0 bridgehead atoms. The fraction of sp³-hybridized carbons (Fsp3) is 0. The van der Waals surface area contributed by atoms with Crippen LogP contribution in [-0.2, 0) is 0 Å². The van der Waals surface area contributed by atoms with Crippen LogP contribution in [0.5, 0.6) is 0 Å². The standard InChI is InChI=1S/C13H8ClN5O/c14-9-3-4-10-11(7-9)18-13(16-19(10)20)12(8-15-18)17-5-1-2-6-17/h1-8H. The van der Waals surface area contributed by atoms with E-state index in [-0.39, 0.29) is 0 Å². The van der Waals surface area contributed by atoms with E-state index in [1.54, 1.807) is 28.9 Å². The van der Waals surface area contributed by atoms with Gasteiger partial charge in [0.25, 0.3) is 5.52 Å². The summed E-state index contributed by atoms with van der Waals surface area (Å²) in [7, 11) is 0. The minimum atomic E-state index is 0.420. The van der Waals surface area contributed by atoms with Crippen molar-refractivity contribution in [3.8, 4) is 5.69 Å². The average Bonchev–Trinajstić information content (AvgIpc) is 3.06. The van der Waals surface area contributed by atoms with Gasteiger partial charge >= 0.3 is 0 Å². The van der Waals surface area contributed by atoms with Crippen LogP contribution in [0.3, 0.4) is 0 Å². The van der Waals surface area contributed by atoms with E-state index in [1.165, 1.54) is 0 Å². The van der Waals surface area contributed by atoms with Crippen molar-refractivity contribution in [2.24, 2.45) is 0 Å². The zero-order valence-corrected chi connectivity index (χ0v) is 10.9. The molecule has 0 saturated heterocycles. The van der Waals surface area contributed by atoms with Gasteiger partial charge in [-0.2, -0.15) is 5.10 Å². The second-order valence-corrected chi connectivity index (χ2v) is 4.80. The van der Waals surface area contributed by atoms with Crippen molar-refractivity contribution in [1.82, 2.24) is 19.3 Å². The van der Waals surface area contributed by atoms with Crippen LogP contribution in [0.15, 0.2) is 48.9 Å². The number of aromatic nitrogens is 5. The molecule has 0 N–H and O–H groups in total. The zero-order valence-electron chi connectivity index (χ0n) is 10.1. The quantitative estimate of drug-likeness (QED) is 0.397. The van der Waals surface area contributed by atoms with Gasteiger partial charge in [-0.15, -0.1) is 0 Å². The molecule has 4 aromatic rings. The lowest BCUT2D eigenvalue weighted by atomic mass is 10.3. The molecule has 0 radical (unpaired) electrons. The lowest BCUT2D eigenvalue weighted by Gasteiger charge is -2.03. The Morgan fingerprint density at radius 3 is 2.80 bits per heavy atom. The highest BCUT2D eigenvalue weighted by Gasteiger charge is 2.16. The fourth-order valence-corrected chi connectivity index (χ4v) is 2.41. The Morgan fingerprint density at radius 1 is 1.20 bits per heavy atom. The summed E-state index contributed by atoms with van der Waals surface area (Å²) < 4.78 is 3.47. The predicted octanol–water partition coefficient (Wildman–Crippen LogP) is 1.96. The van der Waals surface area contributed by atoms with Gasteiger partial charge in [-0.3, -0.25) is 0 Å². The van der Waals surface area contributed by atoms with Crippen LogP contribution in [-0.4, -0.2) is 19.3 Å². The number of fused-ring (bicyclic) bond motifs is 3. The summed E-state index contributed by atoms with van der Waals surface area (Å²) in [6.07, 6.45) is 5.41. The van der Waals surface area contributed by atoms with E-state index in [4.69, 9.17) is 11.6 Å². The van der Waals surface area contributed by atoms with E-state index in [9.17, 15) is 5.21 Å². The molecule has 20 heavy (non-hydrogen) atoms. The van der Waals surface area contributed by atoms with E-state index in [0.29, 0.717) is 26.5 Å². The number of hydrogen-bond acceptors (Lipinski definition) is 3. The maximum atomic E-state index is 12.0. The van der Waals surface area contributed by atoms with E-state index in [0.717, 1.165) is 5.69 Å². The summed E-state index contributed by atoms with van der Waals surface area (Å²) in [6.45, 7) is 0. The molecule has 98 valence electrons. The largest absolute Gasteiger partial charge is 0.594 e. The Balaban J connectivity index is 2.15. The molecule has 3 heterocycles. The Hall–Kier alpha value is -2.60. The van der Waals surface area contributed by atoms with E-state index in [1.807, 2.05) is 29.1 Å². The summed E-state index contributed by atoms with van der Waals surface area (Å²) in [4.78, 5) is 0.593. The third-order valence-electron chi connectivity index (χ3n) is 3.17. The number of rotatable bonds is 1. The van der Waals surface area contributed by atoms with Crippen molar-refractivity contribution in [2.75, 3.05) is 0 Å². The van der Waals surface area contributed by atoms with Crippen LogP contribution in [0.4, 0.5) is 0 Å². The van der Waals surface area contributed by atoms with Crippen molar-refractivity contribution in [1.29, 1.82) is 0 Å². The molecule has 4 rings (SSSR count). The molecule has 0 aliphatic carbocycles. The van der Waals surface area contributed by atoms with Crippen LogP contribution in [0, 0.1) is 5.21 Å². The molecule has 3 aromatic heterocycles. The first-order valence-corrected chi connectivity index (χ1v) is 6.32. The SMILES string of the molecule is [O-][n+]1nc2c(-n3cccc3)cnn2c2cc(Cl)ccc21. The van der Waals surface area contributed by atoms with Crippen molar-refractivity contribution in [3.05, 3.63) is 59.2 Å². The van der Waals surface area contributed by atoms with Crippen LogP contribution in [0.2, 0.25) is 5.02 Å². The first-order chi connectivity index (χ1) is 9.74. The van der Waals surface area contributed by atoms with Crippen LogP contribution in [0.1, 0.15) is 0 Å². The van der Waals surface area contributed by atoms with Gasteiger partial charge in [0.1, 0.15) is 11.2 Å². The monoisotopic (exact) mass is 285 g/mol. The molecule has 6 nitrogen and oxygen atoms in total. The third kappa shape index (κ3) is 1.48. The molecule has 0 fully saturated rings. The normalized spacial score (nSPS) is 11.4. The van der Waals surface area contributed by atoms with Crippen LogP contribution in [0.25, 0.3) is 22.4 Å². The third-order valence-corrected chi connectivity index (χ3v) is 3.40. The van der Waals surface area contributed by atoms with Gasteiger partial charge in [0.2, 0.25) is 5.65 Å². The van der Waals surface area contributed by atoms with Crippen molar-refractivity contribution >= 4 is 28.3 Å². The summed E-state index contributed by atoms with van der Waals surface area (Å²) in [5.74, 6) is 0. The van der Waals surface area contributed by atoms with Gasteiger partial charge in [-0.1, -0.05) is 11.6 Å². The van der Waals surface area contributed by atoms with E-state index >= 15 is 0 Å². The molecule has 1 aromatic carbocycles. The minimum Gasteiger partial charge on any atom is -0.594 e. The van der Waals surface area contributed by atoms with E-state index < -0.39 is 0 Å². The van der Waals surface area contributed by atoms with Crippen molar-refractivity contribution < 1.29 is 4.85 Å². The molecule has 7 heteroatoms. The maximum absolute atomic E-state index is 12.0. The van der Waals surface area contributed by atoms with Gasteiger partial charge in [0.05, 0.1) is 6.20 Å². The average molecular weight is 286 g/mol. The molecule has 0 saturated carbocycles. The summed E-state index contributed by atoms with van der Waals surface area (Å²) in [5.41, 5.74) is 2.26. The Labute approximate surface area is 118 Å². The molecule has 0 spiro atoms. The smallest absolute Gasteiger partial charge is 0.270 e. The van der Waals surface area contributed by atoms with Gasteiger partial charge in [-0.25, -0.2) is 4.52 Å². The summed E-state index contributed by atoms with van der Waals surface area (Å²) >= 11 is 6.00. The first kappa shape index (κ1) is 11.2. The molecule has 0 atom stereocenters. The van der Waals surface area contributed by atoms with Crippen molar-refractivity contribution in [3.63, 3.8) is 0 Å². The second kappa shape index (κ2) is 3.94. The number of nitrogens with zero attached hydrogens (tertiary/aromatic N) is 5. The molecule has 0 aliphatic heterocycles. The van der Waals surface area contributed by atoms with Gasteiger partial charge in [0.15, 0.2) is 0 Å². The summed E-state index contributed by atoms with van der Waals surface area (Å²) in [6, 6.07) is 8.78. The number of benzene rings is 1. The predicted molar refractivity (Wildman–Crippen MR) is 73.8 cm³/mol. The first-order valence-electron chi connectivity index (χ1n) is 5.94. The number of hydrogen-bond donors (Lipinski definition) is 0. The highest BCUT2D eigenvalue weighted by molar-refractivity contribution is 6.31. The zero-order chi connectivity index (χ0) is 13.7. The van der Waals surface area contributed by atoms with Crippen LogP contribution < -0.4 is 4.85 Å². The Bertz CT molecular complexity index is 929. The highest BCUT2D eigenvalue weighted by atomic mass is 35.5. The lowest BCUT2D eigenvalue weighted by molar-refractivity contribution is -0.640. The second-order valence-electron chi connectivity index (χ2n) is 4.36. The minimum absolute atomic E-state index is 0.420. The van der Waals surface area contributed by atoms with Crippen molar-refractivity contribution in [2.45, 2.75) is 0 Å². The van der Waals surface area contributed by atoms with Gasteiger partial charge < -0.3 is 9.77 Å². The van der Waals surface area contributed by atoms with Gasteiger partial charge in [-0.05, 0) is 29.1 Å². The fourth-order valence-electron chi connectivity index (χ4n) is 2.25. The molecule has 0 aliphatic rings. The lowest BCUT2D eigenvalue weighted by Crippen LogP contribution is -2.33. The molecular formula is C13H8ClN5O. The molecule has 0 unspecified atom stereocenters. The summed E-state index contributed by atoms with van der Waals surface area (Å²) in [5, 5.41) is 20.9. The molecular weight excluding hydrogens is 278 g/mol. The van der Waals surface area contributed by atoms with Crippen LogP contribution >= 0.6 is 11.6 Å². The van der Waals surface area contributed by atoms with Gasteiger partial charge in [0, 0.05) is 28.6 Å². The van der Waals surface area contributed by atoms with E-state index in [2.05, 4.69) is 10.2 Å².